The van der Waals surface area contributed by atoms with Gasteiger partial charge in [-0.1, -0.05) is 13.8 Å². The Bertz CT molecular complexity index is 302. The van der Waals surface area contributed by atoms with E-state index in [-0.39, 0.29) is 11.6 Å². The van der Waals surface area contributed by atoms with E-state index < -0.39 is 0 Å². The van der Waals surface area contributed by atoms with Crippen LogP contribution in [0.15, 0.2) is 0 Å². The van der Waals surface area contributed by atoms with Gasteiger partial charge in [0.25, 0.3) is 0 Å². The lowest BCUT2D eigenvalue weighted by atomic mass is 9.42. The molecular weight excluding hydrogens is 210 g/mol. The molecular formula is C15H27NO. The number of hydrogen-bond donors (Lipinski definition) is 2. The van der Waals surface area contributed by atoms with E-state index in [1.165, 1.54) is 19.3 Å². The molecule has 4 aliphatic carbocycles. The van der Waals surface area contributed by atoms with Crippen LogP contribution in [-0.4, -0.2) is 16.7 Å². The molecule has 0 spiro atoms. The van der Waals surface area contributed by atoms with Crippen LogP contribution in [0, 0.1) is 23.2 Å². The average molecular weight is 237 g/mol. The highest BCUT2D eigenvalue weighted by Gasteiger charge is 2.58. The molecule has 4 fully saturated rings. The van der Waals surface area contributed by atoms with Gasteiger partial charge in [0.1, 0.15) is 0 Å². The molecule has 0 aromatic carbocycles. The summed E-state index contributed by atoms with van der Waals surface area (Å²) in [5.41, 5.74) is 7.29. The lowest BCUT2D eigenvalue weighted by Gasteiger charge is -2.64. The monoisotopic (exact) mass is 237 g/mol. The summed E-state index contributed by atoms with van der Waals surface area (Å²) in [5.74, 6) is 2.53. The van der Waals surface area contributed by atoms with Gasteiger partial charge in [-0.05, 0) is 68.1 Å². The first kappa shape index (κ1) is 12.0. The Morgan fingerprint density at radius 2 is 1.65 bits per heavy atom. The predicted molar refractivity (Wildman–Crippen MR) is 69.5 cm³/mol. The highest BCUT2D eigenvalue weighted by atomic mass is 16.3. The van der Waals surface area contributed by atoms with Crippen molar-refractivity contribution in [1.29, 1.82) is 0 Å². The Balaban J connectivity index is 1.76. The lowest BCUT2D eigenvalue weighted by Crippen LogP contribution is -2.62. The molecule has 0 aromatic heterocycles. The maximum atomic E-state index is 9.66. The van der Waals surface area contributed by atoms with Crippen molar-refractivity contribution in [2.45, 2.75) is 70.4 Å². The SMILES string of the molecule is CC1(C)C2CCC(C3(N)CCC(O)CC3)C1C2. The fourth-order valence-corrected chi connectivity index (χ4v) is 5.01. The zero-order valence-corrected chi connectivity index (χ0v) is 11.3. The summed E-state index contributed by atoms with van der Waals surface area (Å²) >= 11 is 0. The van der Waals surface area contributed by atoms with Gasteiger partial charge in [0, 0.05) is 5.54 Å². The van der Waals surface area contributed by atoms with Crippen LogP contribution in [-0.2, 0) is 0 Å². The standard InChI is InChI=1S/C15H27NO/c1-14(2)10-3-4-12(13(14)9-10)15(16)7-5-11(17)6-8-15/h10-13,17H,3-9,16H2,1-2H3. The van der Waals surface area contributed by atoms with E-state index in [0.717, 1.165) is 43.4 Å². The van der Waals surface area contributed by atoms with E-state index in [2.05, 4.69) is 13.8 Å². The molecule has 0 aromatic rings. The summed E-state index contributed by atoms with van der Waals surface area (Å²) in [6, 6.07) is 0. The number of fused-ring (bicyclic) bond motifs is 2. The second kappa shape index (κ2) is 3.71. The topological polar surface area (TPSA) is 46.2 Å². The lowest BCUT2D eigenvalue weighted by molar-refractivity contribution is -0.133. The van der Waals surface area contributed by atoms with E-state index in [9.17, 15) is 5.11 Å². The molecule has 17 heavy (non-hydrogen) atoms. The number of nitrogens with two attached hydrogens (primary N) is 1. The van der Waals surface area contributed by atoms with Gasteiger partial charge in [0.05, 0.1) is 6.10 Å². The fraction of sp³-hybridized carbons (Fsp3) is 1.00. The zero-order chi connectivity index (χ0) is 12.3. The van der Waals surface area contributed by atoms with Crippen LogP contribution in [0.2, 0.25) is 0 Å². The molecule has 0 amide bonds. The minimum atomic E-state index is -0.0857. The second-order valence-electron chi connectivity index (χ2n) is 7.51. The quantitative estimate of drug-likeness (QED) is 0.736. The largest absolute Gasteiger partial charge is 0.393 e. The van der Waals surface area contributed by atoms with Crippen molar-refractivity contribution >= 4 is 0 Å². The van der Waals surface area contributed by atoms with Gasteiger partial charge in [-0.15, -0.1) is 0 Å². The third-order valence-corrected chi connectivity index (χ3v) is 6.48. The van der Waals surface area contributed by atoms with E-state index in [1.54, 1.807) is 0 Å². The summed E-state index contributed by atoms with van der Waals surface area (Å²) < 4.78 is 0. The molecule has 2 heteroatoms. The van der Waals surface area contributed by atoms with Crippen molar-refractivity contribution in [1.82, 2.24) is 0 Å². The summed E-state index contributed by atoms with van der Waals surface area (Å²) in [6.45, 7) is 4.89. The minimum Gasteiger partial charge on any atom is -0.393 e. The van der Waals surface area contributed by atoms with Gasteiger partial charge in [0.2, 0.25) is 0 Å². The van der Waals surface area contributed by atoms with Crippen LogP contribution < -0.4 is 5.73 Å². The van der Waals surface area contributed by atoms with Gasteiger partial charge in [-0.25, -0.2) is 0 Å². The Morgan fingerprint density at radius 3 is 2.18 bits per heavy atom. The van der Waals surface area contributed by atoms with Crippen LogP contribution in [0.4, 0.5) is 0 Å². The molecule has 3 unspecified atom stereocenters. The average Bonchev–Trinajstić information content (AvgIpc) is 2.33. The summed E-state index contributed by atoms with van der Waals surface area (Å²) in [4.78, 5) is 0. The molecule has 4 rings (SSSR count). The van der Waals surface area contributed by atoms with Crippen molar-refractivity contribution < 1.29 is 5.11 Å². The number of aliphatic hydroxyl groups excluding tert-OH is 1. The number of rotatable bonds is 1. The molecule has 2 nitrogen and oxygen atoms in total. The molecule has 4 aliphatic rings. The molecule has 0 heterocycles. The normalized spacial score (nSPS) is 52.9. The van der Waals surface area contributed by atoms with Crippen LogP contribution in [0.3, 0.4) is 0 Å². The first-order valence-corrected chi connectivity index (χ1v) is 7.40. The van der Waals surface area contributed by atoms with Crippen LogP contribution >= 0.6 is 0 Å². The van der Waals surface area contributed by atoms with Gasteiger partial charge >= 0.3 is 0 Å². The first-order valence-electron chi connectivity index (χ1n) is 7.40. The van der Waals surface area contributed by atoms with Crippen molar-refractivity contribution in [2.75, 3.05) is 0 Å². The maximum Gasteiger partial charge on any atom is 0.0541 e. The van der Waals surface area contributed by atoms with Gasteiger partial charge < -0.3 is 10.8 Å². The molecule has 2 bridgehead atoms. The molecule has 4 saturated carbocycles. The molecule has 0 aliphatic heterocycles. The van der Waals surface area contributed by atoms with Crippen molar-refractivity contribution in [3.8, 4) is 0 Å². The van der Waals surface area contributed by atoms with Gasteiger partial charge in [-0.3, -0.25) is 0 Å². The molecule has 0 radical (unpaired) electrons. The van der Waals surface area contributed by atoms with Crippen molar-refractivity contribution in [3.05, 3.63) is 0 Å². The molecule has 98 valence electrons. The van der Waals surface area contributed by atoms with Crippen LogP contribution in [0.1, 0.15) is 58.8 Å². The smallest absolute Gasteiger partial charge is 0.0541 e. The molecule has 0 saturated heterocycles. The van der Waals surface area contributed by atoms with Crippen LogP contribution in [0.25, 0.3) is 0 Å². The fourth-order valence-electron chi connectivity index (χ4n) is 5.01. The van der Waals surface area contributed by atoms with E-state index in [0.29, 0.717) is 5.41 Å². The Kier molecular flexibility index (Phi) is 2.61. The first-order chi connectivity index (χ1) is 7.93. The van der Waals surface area contributed by atoms with Crippen LogP contribution in [0.5, 0.6) is 0 Å². The van der Waals surface area contributed by atoms with Crippen molar-refractivity contribution in [2.24, 2.45) is 28.9 Å². The number of hydrogen-bond acceptors (Lipinski definition) is 2. The predicted octanol–water partition coefficient (Wildman–Crippen LogP) is 2.69. The van der Waals surface area contributed by atoms with Gasteiger partial charge in [0.15, 0.2) is 0 Å². The highest BCUT2D eigenvalue weighted by molar-refractivity contribution is 5.10. The minimum absolute atomic E-state index is 0.0343. The zero-order valence-electron chi connectivity index (χ0n) is 11.3. The van der Waals surface area contributed by atoms with E-state index in [1.807, 2.05) is 0 Å². The third kappa shape index (κ3) is 1.67. The summed E-state index contributed by atoms with van der Waals surface area (Å²) in [5, 5.41) is 9.66. The third-order valence-electron chi connectivity index (χ3n) is 6.48. The Labute approximate surface area is 105 Å². The maximum absolute atomic E-state index is 9.66. The Hall–Kier alpha value is -0.0800. The summed E-state index contributed by atoms with van der Waals surface area (Å²) in [6.07, 6.45) is 7.97. The van der Waals surface area contributed by atoms with Crippen molar-refractivity contribution in [3.63, 3.8) is 0 Å². The van der Waals surface area contributed by atoms with E-state index >= 15 is 0 Å². The van der Waals surface area contributed by atoms with E-state index in [4.69, 9.17) is 5.73 Å². The second-order valence-corrected chi connectivity index (χ2v) is 7.51. The Morgan fingerprint density at radius 1 is 1.00 bits per heavy atom. The molecule has 3 N–H and O–H groups in total. The highest BCUT2D eigenvalue weighted by Crippen LogP contribution is 2.64. The van der Waals surface area contributed by atoms with Gasteiger partial charge in [-0.2, -0.15) is 0 Å². The molecule has 3 atom stereocenters. The summed E-state index contributed by atoms with van der Waals surface area (Å²) in [7, 11) is 0. The number of aliphatic hydroxyl groups is 1.